The maximum absolute atomic E-state index is 6.19. The van der Waals surface area contributed by atoms with Crippen LogP contribution in [-0.2, 0) is 0 Å². The highest BCUT2D eigenvalue weighted by molar-refractivity contribution is 5.94. The van der Waals surface area contributed by atoms with Crippen LogP contribution >= 0.6 is 0 Å². The molecule has 0 bridgehead atoms. The van der Waals surface area contributed by atoms with Gasteiger partial charge in [0.1, 0.15) is 6.10 Å². The average molecular weight is 395 g/mol. The summed E-state index contributed by atoms with van der Waals surface area (Å²) >= 11 is 0. The molecule has 0 aliphatic carbocycles. The van der Waals surface area contributed by atoms with E-state index in [-0.39, 0.29) is 6.10 Å². The van der Waals surface area contributed by atoms with Crippen molar-refractivity contribution in [2.45, 2.75) is 18.9 Å². The maximum atomic E-state index is 6.19. The predicted octanol–water partition coefficient (Wildman–Crippen LogP) is 3.70. The van der Waals surface area contributed by atoms with Crippen LogP contribution in [0.3, 0.4) is 0 Å². The lowest BCUT2D eigenvalue weighted by Crippen LogP contribution is -2.39. The van der Waals surface area contributed by atoms with Gasteiger partial charge in [-0.2, -0.15) is 5.10 Å². The molecule has 1 saturated heterocycles. The minimum Gasteiger partial charge on any atom is -0.493 e. The third kappa shape index (κ3) is 3.85. The van der Waals surface area contributed by atoms with Crippen LogP contribution < -0.4 is 23.8 Å². The molecule has 4 rings (SSSR count). The van der Waals surface area contributed by atoms with E-state index in [1.54, 1.807) is 27.5 Å². The van der Waals surface area contributed by atoms with E-state index in [1.807, 2.05) is 36.4 Å². The van der Waals surface area contributed by atoms with Gasteiger partial charge in [-0.3, -0.25) is 0 Å². The second-order valence-corrected chi connectivity index (χ2v) is 6.92. The van der Waals surface area contributed by atoms with Crippen LogP contribution in [0, 0.1) is 0 Å². The summed E-state index contributed by atoms with van der Waals surface area (Å²) in [5.74, 6) is 3.77. The van der Waals surface area contributed by atoms with Gasteiger partial charge in [0.2, 0.25) is 0 Å². The van der Waals surface area contributed by atoms with Crippen LogP contribution in [0.25, 0.3) is 10.8 Å². The molecule has 2 aromatic carbocycles. The number of aromatic nitrogens is 2. The lowest BCUT2D eigenvalue weighted by atomic mass is 10.1. The average Bonchev–Trinajstić information content (AvgIpc) is 2.78. The van der Waals surface area contributed by atoms with Crippen molar-refractivity contribution >= 4 is 16.6 Å². The van der Waals surface area contributed by atoms with Crippen molar-refractivity contribution in [1.29, 1.82) is 0 Å². The Morgan fingerprint density at radius 3 is 2.21 bits per heavy atom. The minimum atomic E-state index is 0.139. The summed E-state index contributed by atoms with van der Waals surface area (Å²) in [5, 5.41) is 10.6. The quantitative estimate of drug-likeness (QED) is 0.630. The largest absolute Gasteiger partial charge is 0.493 e. The molecule has 0 N–H and O–H groups in total. The number of benzene rings is 2. The van der Waals surface area contributed by atoms with Gasteiger partial charge in [0.25, 0.3) is 0 Å². The Balaban J connectivity index is 1.52. The SMILES string of the molecule is COc1cc2cnnc(N3CCC(Oc4ccccc4OC)CC3)c2cc1OC. The summed E-state index contributed by atoms with van der Waals surface area (Å²) in [5.41, 5.74) is 0. The molecule has 1 fully saturated rings. The third-order valence-electron chi connectivity index (χ3n) is 5.25. The lowest BCUT2D eigenvalue weighted by Gasteiger charge is -2.33. The molecule has 0 spiro atoms. The van der Waals surface area contributed by atoms with Gasteiger partial charge in [0.05, 0.1) is 27.5 Å². The third-order valence-corrected chi connectivity index (χ3v) is 5.25. The fraction of sp³-hybridized carbons (Fsp3) is 0.364. The minimum absolute atomic E-state index is 0.139. The molecule has 152 valence electrons. The molecule has 0 unspecified atom stereocenters. The van der Waals surface area contributed by atoms with Crippen molar-refractivity contribution in [2.75, 3.05) is 39.3 Å². The lowest BCUT2D eigenvalue weighted by molar-refractivity contribution is 0.164. The fourth-order valence-corrected chi connectivity index (χ4v) is 3.71. The highest BCUT2D eigenvalue weighted by Gasteiger charge is 2.24. The molecule has 7 nitrogen and oxygen atoms in total. The first-order chi connectivity index (χ1) is 14.2. The summed E-state index contributed by atoms with van der Waals surface area (Å²) < 4.78 is 22.5. The molecule has 1 aromatic heterocycles. The number of nitrogens with zero attached hydrogens (tertiary/aromatic N) is 3. The van der Waals surface area contributed by atoms with Gasteiger partial charge >= 0.3 is 0 Å². The second-order valence-electron chi connectivity index (χ2n) is 6.92. The summed E-state index contributed by atoms with van der Waals surface area (Å²) in [6, 6.07) is 11.7. The Kier molecular flexibility index (Phi) is 5.55. The van der Waals surface area contributed by atoms with Gasteiger partial charge in [-0.25, -0.2) is 0 Å². The van der Waals surface area contributed by atoms with Gasteiger partial charge in [0.15, 0.2) is 28.8 Å². The van der Waals surface area contributed by atoms with Crippen molar-refractivity contribution in [3.63, 3.8) is 0 Å². The molecule has 7 heteroatoms. The molecule has 3 aromatic rings. The maximum Gasteiger partial charge on any atom is 0.161 e. The van der Waals surface area contributed by atoms with E-state index >= 15 is 0 Å². The number of fused-ring (bicyclic) bond motifs is 1. The zero-order chi connectivity index (χ0) is 20.2. The van der Waals surface area contributed by atoms with Crippen molar-refractivity contribution in [2.24, 2.45) is 0 Å². The topological polar surface area (TPSA) is 65.9 Å². The van der Waals surface area contributed by atoms with Gasteiger partial charge < -0.3 is 23.8 Å². The summed E-state index contributed by atoms with van der Waals surface area (Å²) in [6.45, 7) is 1.67. The monoisotopic (exact) mass is 395 g/mol. The Morgan fingerprint density at radius 2 is 1.52 bits per heavy atom. The van der Waals surface area contributed by atoms with E-state index in [1.165, 1.54) is 0 Å². The van der Waals surface area contributed by atoms with Crippen LogP contribution in [0.2, 0.25) is 0 Å². The Hall–Kier alpha value is -3.22. The number of hydrogen-bond donors (Lipinski definition) is 0. The van der Waals surface area contributed by atoms with Crippen molar-refractivity contribution in [3.8, 4) is 23.0 Å². The number of rotatable bonds is 6. The summed E-state index contributed by atoms with van der Waals surface area (Å²) in [6.07, 6.45) is 3.67. The van der Waals surface area contributed by atoms with E-state index in [2.05, 4.69) is 15.1 Å². The molecule has 29 heavy (non-hydrogen) atoms. The fourth-order valence-electron chi connectivity index (χ4n) is 3.71. The van der Waals surface area contributed by atoms with Crippen molar-refractivity contribution in [3.05, 3.63) is 42.6 Å². The van der Waals surface area contributed by atoms with Crippen LogP contribution in [-0.4, -0.2) is 50.7 Å². The van der Waals surface area contributed by atoms with Gasteiger partial charge in [-0.1, -0.05) is 12.1 Å². The Morgan fingerprint density at radius 1 is 0.862 bits per heavy atom. The number of ether oxygens (including phenoxy) is 4. The van der Waals surface area contributed by atoms with E-state index in [9.17, 15) is 0 Å². The highest BCUT2D eigenvalue weighted by Crippen LogP contribution is 2.36. The summed E-state index contributed by atoms with van der Waals surface area (Å²) in [7, 11) is 4.93. The molecule has 2 heterocycles. The van der Waals surface area contributed by atoms with Gasteiger partial charge in [-0.05, 0) is 24.3 Å². The second kappa shape index (κ2) is 8.43. The number of hydrogen-bond acceptors (Lipinski definition) is 7. The van der Waals surface area contributed by atoms with Crippen LogP contribution in [0.1, 0.15) is 12.8 Å². The summed E-state index contributed by atoms with van der Waals surface area (Å²) in [4.78, 5) is 2.25. The van der Waals surface area contributed by atoms with Crippen LogP contribution in [0.4, 0.5) is 5.82 Å². The predicted molar refractivity (Wildman–Crippen MR) is 111 cm³/mol. The molecule has 0 radical (unpaired) electrons. The Labute approximate surface area is 170 Å². The zero-order valence-electron chi connectivity index (χ0n) is 16.9. The van der Waals surface area contributed by atoms with E-state index < -0.39 is 0 Å². The Bertz CT molecular complexity index is 987. The first-order valence-electron chi connectivity index (χ1n) is 9.65. The number of para-hydroxylation sites is 2. The molecule has 0 amide bonds. The smallest absolute Gasteiger partial charge is 0.161 e. The standard InChI is InChI=1S/C22H25N3O4/c1-26-18-6-4-5-7-19(18)29-16-8-10-25(11-9-16)22-17-13-21(28-3)20(27-2)12-15(17)14-23-24-22/h4-7,12-14,16H,8-11H2,1-3H3. The van der Waals surface area contributed by atoms with Crippen LogP contribution in [0.15, 0.2) is 42.6 Å². The molecule has 1 aliphatic heterocycles. The van der Waals surface area contributed by atoms with E-state index in [4.69, 9.17) is 18.9 Å². The van der Waals surface area contributed by atoms with Crippen molar-refractivity contribution < 1.29 is 18.9 Å². The van der Waals surface area contributed by atoms with Gasteiger partial charge in [0, 0.05) is 36.7 Å². The molecular weight excluding hydrogens is 370 g/mol. The van der Waals surface area contributed by atoms with E-state index in [0.717, 1.165) is 54.0 Å². The zero-order valence-corrected chi connectivity index (χ0v) is 16.9. The normalized spacial score (nSPS) is 14.7. The van der Waals surface area contributed by atoms with Crippen LogP contribution in [0.5, 0.6) is 23.0 Å². The molecule has 0 atom stereocenters. The number of methoxy groups -OCH3 is 3. The molecular formula is C22H25N3O4. The first kappa shape index (κ1) is 19.1. The highest BCUT2D eigenvalue weighted by atomic mass is 16.5. The number of piperidine rings is 1. The number of anilines is 1. The van der Waals surface area contributed by atoms with E-state index in [0.29, 0.717) is 11.5 Å². The molecule has 0 saturated carbocycles. The first-order valence-corrected chi connectivity index (χ1v) is 9.65. The van der Waals surface area contributed by atoms with Crippen molar-refractivity contribution in [1.82, 2.24) is 10.2 Å². The molecule has 1 aliphatic rings. The van der Waals surface area contributed by atoms with Gasteiger partial charge in [-0.15, -0.1) is 5.10 Å².